The molecule has 2 saturated carbocycles. The lowest BCUT2D eigenvalue weighted by Crippen LogP contribution is -1.81. The lowest BCUT2D eigenvalue weighted by molar-refractivity contribution is 0.412. The number of hydrogen-bond acceptors (Lipinski definition) is 2. The van der Waals surface area contributed by atoms with Crippen molar-refractivity contribution >= 4 is 19.0 Å². The summed E-state index contributed by atoms with van der Waals surface area (Å²) in [5, 5.41) is 1.83. The maximum Gasteiger partial charge on any atom is 0.747 e. The van der Waals surface area contributed by atoms with Gasteiger partial charge in [-0.15, -0.1) is 4.89 Å². The van der Waals surface area contributed by atoms with Gasteiger partial charge in [-0.25, -0.2) is 4.52 Å². The molecule has 24 heavy (non-hydrogen) atoms. The van der Waals surface area contributed by atoms with Crippen molar-refractivity contribution in [2.24, 2.45) is 0 Å². The molecular weight excluding hydrogens is 319 g/mol. The maximum absolute atomic E-state index is 10.5. The van der Waals surface area contributed by atoms with Crippen molar-refractivity contribution in [3.05, 3.63) is 42.5 Å². The van der Waals surface area contributed by atoms with Crippen LogP contribution in [0.4, 0.5) is 0 Å². The van der Waals surface area contributed by atoms with Gasteiger partial charge in [0.2, 0.25) is 0 Å². The van der Waals surface area contributed by atoms with Crippen LogP contribution in [0.5, 0.6) is 5.75 Å². The van der Waals surface area contributed by atoms with Gasteiger partial charge in [0.25, 0.3) is 0 Å². The van der Waals surface area contributed by atoms with E-state index >= 15 is 0 Å². The lowest BCUT2D eigenvalue weighted by Gasteiger charge is -1.98. The summed E-state index contributed by atoms with van der Waals surface area (Å²) in [5.41, 5.74) is 0. The van der Waals surface area contributed by atoms with Crippen LogP contribution in [0.1, 0.15) is 64.2 Å². The van der Waals surface area contributed by atoms with E-state index in [2.05, 4.69) is 0 Å². The summed E-state index contributed by atoms with van der Waals surface area (Å²) in [6.07, 6.45) is 15.0. The highest BCUT2D eigenvalue weighted by molar-refractivity contribution is 7.32. The van der Waals surface area contributed by atoms with Gasteiger partial charge in [0.15, 0.2) is 5.75 Å². The Morgan fingerprint density at radius 2 is 1.17 bits per heavy atom. The Kier molecular flexibility index (Phi) is 8.80. The number of rotatable bonds is 2. The normalized spacial score (nSPS) is 16.6. The molecule has 0 aliphatic heterocycles. The Morgan fingerprint density at radius 3 is 1.67 bits per heavy atom. The highest BCUT2D eigenvalue weighted by Gasteiger charge is 2.15. The molecule has 2 aromatic rings. The molecule has 0 heterocycles. The molecule has 130 valence electrons. The molecule has 1 N–H and O–H groups in total. The van der Waals surface area contributed by atoms with E-state index in [1.807, 2.05) is 30.3 Å². The van der Waals surface area contributed by atoms with E-state index < -0.39 is 8.25 Å². The van der Waals surface area contributed by atoms with Crippen molar-refractivity contribution in [2.75, 3.05) is 0 Å². The number of benzene rings is 2. The van der Waals surface area contributed by atoms with Crippen LogP contribution in [0.3, 0.4) is 0 Å². The Balaban J connectivity index is 0.000000169. The predicted octanol–water partition coefficient (Wildman–Crippen LogP) is 6.77. The number of fused-ring (bicyclic) bond motifs is 1. The maximum atomic E-state index is 10.5. The SMILES string of the molecule is C1CCCC1.C1CCCC1.O=[P+](O)Oc1cccc2ccccc12. The van der Waals surface area contributed by atoms with Crippen LogP contribution >= 0.6 is 8.25 Å². The van der Waals surface area contributed by atoms with Crippen LogP contribution in [-0.2, 0) is 4.57 Å². The minimum atomic E-state index is -2.60. The summed E-state index contributed by atoms with van der Waals surface area (Å²) in [7, 11) is -2.60. The lowest BCUT2D eigenvalue weighted by atomic mass is 10.1. The molecule has 1 unspecified atom stereocenters. The first-order chi connectivity index (χ1) is 11.8. The van der Waals surface area contributed by atoms with Gasteiger partial charge in [0.05, 0.1) is 0 Å². The van der Waals surface area contributed by atoms with Crippen molar-refractivity contribution in [1.82, 2.24) is 0 Å². The summed E-state index contributed by atoms with van der Waals surface area (Å²) in [4.78, 5) is 8.65. The van der Waals surface area contributed by atoms with Gasteiger partial charge in [-0.3, -0.25) is 0 Å². The van der Waals surface area contributed by atoms with Gasteiger partial charge < -0.3 is 0 Å². The molecule has 3 nitrogen and oxygen atoms in total. The summed E-state index contributed by atoms with van der Waals surface area (Å²) in [6.45, 7) is 0. The van der Waals surface area contributed by atoms with Crippen molar-refractivity contribution in [3.8, 4) is 5.75 Å². The molecule has 2 fully saturated rings. The molecule has 2 aromatic carbocycles. The molecule has 4 heteroatoms. The first-order valence-electron chi connectivity index (χ1n) is 9.09. The molecule has 2 aliphatic rings. The van der Waals surface area contributed by atoms with E-state index in [-0.39, 0.29) is 0 Å². The zero-order valence-electron chi connectivity index (χ0n) is 14.3. The molecule has 0 saturated heterocycles. The third-order valence-corrected chi connectivity index (χ3v) is 4.78. The standard InChI is InChI=1S/C10H7O3P.2C5H10/c11-14(12)13-10-7-3-5-8-4-1-2-6-9(8)10;2*1-2-4-5-3-1/h1-7H;2*1-5H2/p+1. The minimum absolute atomic E-state index is 0.437. The fraction of sp³-hybridized carbons (Fsp3) is 0.500. The fourth-order valence-electron chi connectivity index (χ4n) is 3.13. The Labute approximate surface area is 146 Å². The Hall–Kier alpha value is -1.44. The van der Waals surface area contributed by atoms with Crippen molar-refractivity contribution in [1.29, 1.82) is 0 Å². The second-order valence-corrected chi connectivity index (χ2v) is 7.00. The Bertz CT molecular complexity index is 589. The van der Waals surface area contributed by atoms with Gasteiger partial charge in [-0.2, -0.15) is 0 Å². The van der Waals surface area contributed by atoms with Crippen LogP contribution in [0.2, 0.25) is 0 Å². The number of hydrogen-bond donors (Lipinski definition) is 1. The third-order valence-electron chi connectivity index (χ3n) is 4.43. The van der Waals surface area contributed by atoms with Gasteiger partial charge in [0, 0.05) is 9.95 Å². The largest absolute Gasteiger partial charge is 0.747 e. The summed E-state index contributed by atoms with van der Waals surface area (Å²) < 4.78 is 15.3. The molecule has 0 aromatic heterocycles. The third kappa shape index (κ3) is 6.98. The van der Waals surface area contributed by atoms with E-state index in [1.54, 1.807) is 12.1 Å². The average Bonchev–Trinajstić information content (AvgIpc) is 3.33. The van der Waals surface area contributed by atoms with Crippen molar-refractivity contribution in [2.45, 2.75) is 64.2 Å². The topological polar surface area (TPSA) is 46.5 Å². The average molecular weight is 347 g/mol. The fourth-order valence-corrected chi connectivity index (χ4v) is 3.45. The summed E-state index contributed by atoms with van der Waals surface area (Å²) in [5.74, 6) is 0.437. The first-order valence-corrected chi connectivity index (χ1v) is 10.2. The van der Waals surface area contributed by atoms with Crippen LogP contribution in [0.15, 0.2) is 42.5 Å². The van der Waals surface area contributed by atoms with Crippen LogP contribution in [-0.4, -0.2) is 4.89 Å². The van der Waals surface area contributed by atoms with E-state index in [9.17, 15) is 4.57 Å². The first kappa shape index (κ1) is 18.9. The molecular formula is C20H28O3P+. The summed E-state index contributed by atoms with van der Waals surface area (Å²) >= 11 is 0. The minimum Gasteiger partial charge on any atom is -0.229 e. The van der Waals surface area contributed by atoms with Crippen LogP contribution in [0, 0.1) is 0 Å². The smallest absolute Gasteiger partial charge is 0.229 e. The Morgan fingerprint density at radius 1 is 0.708 bits per heavy atom. The second kappa shape index (κ2) is 11.2. The highest BCUT2D eigenvalue weighted by atomic mass is 31.1. The van der Waals surface area contributed by atoms with Gasteiger partial charge in [-0.1, -0.05) is 101 Å². The van der Waals surface area contributed by atoms with Crippen LogP contribution < -0.4 is 4.52 Å². The van der Waals surface area contributed by atoms with E-state index in [0.29, 0.717) is 5.75 Å². The van der Waals surface area contributed by atoms with E-state index in [0.717, 1.165) is 10.8 Å². The monoisotopic (exact) mass is 347 g/mol. The van der Waals surface area contributed by atoms with Crippen molar-refractivity contribution in [3.63, 3.8) is 0 Å². The predicted molar refractivity (Wildman–Crippen MR) is 101 cm³/mol. The molecule has 1 atom stereocenters. The molecule has 0 spiro atoms. The molecule has 4 rings (SSSR count). The molecule has 0 bridgehead atoms. The van der Waals surface area contributed by atoms with Crippen LogP contribution in [0.25, 0.3) is 10.8 Å². The molecule has 0 amide bonds. The molecule has 2 aliphatic carbocycles. The van der Waals surface area contributed by atoms with Gasteiger partial charge >= 0.3 is 8.25 Å². The second-order valence-electron chi connectivity index (χ2n) is 6.34. The zero-order chi connectivity index (χ0) is 17.0. The van der Waals surface area contributed by atoms with Crippen molar-refractivity contribution < 1.29 is 14.0 Å². The quantitative estimate of drug-likeness (QED) is 0.610. The summed E-state index contributed by atoms with van der Waals surface area (Å²) in [6, 6.07) is 12.9. The zero-order valence-corrected chi connectivity index (χ0v) is 15.2. The highest BCUT2D eigenvalue weighted by Crippen LogP contribution is 2.30. The van der Waals surface area contributed by atoms with E-state index in [1.165, 1.54) is 64.2 Å². The van der Waals surface area contributed by atoms with Gasteiger partial charge in [0.1, 0.15) is 0 Å². The van der Waals surface area contributed by atoms with E-state index in [4.69, 9.17) is 9.42 Å². The molecule has 0 radical (unpaired) electrons. The van der Waals surface area contributed by atoms with Gasteiger partial charge in [-0.05, 0) is 11.5 Å².